The zero-order chi connectivity index (χ0) is 17.4. The van der Waals surface area contributed by atoms with Crippen molar-refractivity contribution < 1.29 is 4.79 Å². The van der Waals surface area contributed by atoms with E-state index in [1.807, 2.05) is 53.2 Å². The third-order valence-corrected chi connectivity index (χ3v) is 4.49. The molecule has 3 heterocycles. The van der Waals surface area contributed by atoms with Crippen molar-refractivity contribution in [3.05, 3.63) is 75.7 Å². The van der Waals surface area contributed by atoms with Gasteiger partial charge in [-0.1, -0.05) is 29.8 Å². The first-order chi connectivity index (χ1) is 12.1. The summed E-state index contributed by atoms with van der Waals surface area (Å²) in [4.78, 5) is 21.3. The molecule has 1 amide bonds. The maximum Gasteiger partial charge on any atom is 0.252 e. The molecule has 0 fully saturated rings. The Morgan fingerprint density at radius 2 is 2.00 bits per heavy atom. The maximum atomic E-state index is 12.6. The highest BCUT2D eigenvalue weighted by molar-refractivity contribution is 9.10. The number of amides is 1. The summed E-state index contributed by atoms with van der Waals surface area (Å²) in [6.07, 6.45) is 3.81. The van der Waals surface area contributed by atoms with Crippen LogP contribution in [0, 0.1) is 0 Å². The van der Waals surface area contributed by atoms with Gasteiger partial charge in [-0.25, -0.2) is 9.97 Å². The summed E-state index contributed by atoms with van der Waals surface area (Å²) in [5.41, 5.74) is 2.79. The molecule has 3 aromatic heterocycles. The molecule has 5 nitrogen and oxygen atoms in total. The van der Waals surface area contributed by atoms with E-state index in [1.165, 1.54) is 0 Å². The Morgan fingerprint density at radius 3 is 2.88 bits per heavy atom. The minimum absolute atomic E-state index is 0.210. The predicted octanol–water partition coefficient (Wildman–Crippen LogP) is 4.23. The van der Waals surface area contributed by atoms with E-state index < -0.39 is 0 Å². The highest BCUT2D eigenvalue weighted by Gasteiger charge is 2.13. The fraction of sp³-hybridized carbons (Fsp3) is 0.0556. The number of carbonyl (C=O) groups is 1. The van der Waals surface area contributed by atoms with E-state index in [4.69, 9.17) is 11.6 Å². The van der Waals surface area contributed by atoms with Crippen molar-refractivity contribution >= 4 is 50.0 Å². The standard InChI is InChI=1S/C18H12BrClN4O/c19-11-5-6-17-22-12(10-24(17)9-11)8-21-18(25)14-7-16(20)23-15-4-2-1-3-13(14)15/h1-7,9-10H,8H2,(H,21,25). The number of imidazole rings is 1. The summed E-state index contributed by atoms with van der Waals surface area (Å²) in [6.45, 7) is 0.326. The Balaban J connectivity index is 1.59. The average Bonchev–Trinajstić information content (AvgIpc) is 3.00. The molecule has 0 aliphatic rings. The van der Waals surface area contributed by atoms with Gasteiger partial charge in [0.15, 0.2) is 0 Å². The predicted molar refractivity (Wildman–Crippen MR) is 101 cm³/mol. The Bertz CT molecular complexity index is 1110. The molecule has 0 bridgehead atoms. The maximum absolute atomic E-state index is 12.6. The molecule has 0 saturated heterocycles. The molecule has 0 spiro atoms. The minimum Gasteiger partial charge on any atom is -0.346 e. The van der Waals surface area contributed by atoms with Crippen LogP contribution in [0.2, 0.25) is 5.15 Å². The Kier molecular flexibility index (Phi) is 4.15. The molecule has 1 N–H and O–H groups in total. The van der Waals surface area contributed by atoms with Crippen molar-refractivity contribution in [2.75, 3.05) is 0 Å². The second kappa shape index (κ2) is 6.46. The lowest BCUT2D eigenvalue weighted by atomic mass is 10.1. The molecule has 7 heteroatoms. The molecule has 0 aliphatic heterocycles. The van der Waals surface area contributed by atoms with Gasteiger partial charge in [-0.2, -0.15) is 0 Å². The van der Waals surface area contributed by atoms with E-state index >= 15 is 0 Å². The Morgan fingerprint density at radius 1 is 1.16 bits per heavy atom. The molecule has 0 radical (unpaired) electrons. The van der Waals surface area contributed by atoms with Crippen LogP contribution in [0.3, 0.4) is 0 Å². The number of nitrogens with one attached hydrogen (secondary N) is 1. The van der Waals surface area contributed by atoms with Gasteiger partial charge in [-0.3, -0.25) is 4.79 Å². The van der Waals surface area contributed by atoms with Crippen LogP contribution in [-0.4, -0.2) is 20.3 Å². The van der Waals surface area contributed by atoms with Gasteiger partial charge >= 0.3 is 0 Å². The van der Waals surface area contributed by atoms with Crippen LogP contribution >= 0.6 is 27.5 Å². The number of para-hydroxylation sites is 1. The number of hydrogen-bond acceptors (Lipinski definition) is 3. The van der Waals surface area contributed by atoms with Gasteiger partial charge in [-0.15, -0.1) is 0 Å². The highest BCUT2D eigenvalue weighted by Crippen LogP contribution is 2.21. The summed E-state index contributed by atoms with van der Waals surface area (Å²) in [5, 5.41) is 3.96. The van der Waals surface area contributed by atoms with E-state index in [0.29, 0.717) is 22.8 Å². The third-order valence-electron chi connectivity index (χ3n) is 3.82. The lowest BCUT2D eigenvalue weighted by molar-refractivity contribution is 0.0952. The number of benzene rings is 1. The van der Waals surface area contributed by atoms with E-state index in [9.17, 15) is 4.79 Å². The van der Waals surface area contributed by atoms with Gasteiger partial charge in [0, 0.05) is 22.3 Å². The number of hydrogen-bond donors (Lipinski definition) is 1. The number of pyridine rings is 2. The van der Waals surface area contributed by atoms with Crippen LogP contribution in [0.5, 0.6) is 0 Å². The van der Waals surface area contributed by atoms with Crippen LogP contribution in [0.1, 0.15) is 16.1 Å². The summed E-state index contributed by atoms with van der Waals surface area (Å²) in [5.74, 6) is -0.210. The molecule has 0 unspecified atom stereocenters. The van der Waals surface area contributed by atoms with Crippen molar-refractivity contribution in [2.45, 2.75) is 6.54 Å². The van der Waals surface area contributed by atoms with Crippen molar-refractivity contribution in [3.63, 3.8) is 0 Å². The van der Waals surface area contributed by atoms with Gasteiger partial charge in [0.1, 0.15) is 10.8 Å². The van der Waals surface area contributed by atoms with Crippen molar-refractivity contribution in [2.24, 2.45) is 0 Å². The number of halogens is 2. The molecule has 25 heavy (non-hydrogen) atoms. The first-order valence-electron chi connectivity index (χ1n) is 7.57. The smallest absolute Gasteiger partial charge is 0.252 e. The molecular formula is C18H12BrClN4O. The lowest BCUT2D eigenvalue weighted by Crippen LogP contribution is -2.23. The number of fused-ring (bicyclic) bond motifs is 2. The first-order valence-corrected chi connectivity index (χ1v) is 8.74. The van der Waals surface area contributed by atoms with Crippen LogP contribution in [0.15, 0.2) is 59.3 Å². The molecule has 0 atom stereocenters. The molecule has 4 rings (SSSR count). The largest absolute Gasteiger partial charge is 0.346 e. The van der Waals surface area contributed by atoms with E-state index in [2.05, 4.69) is 31.2 Å². The van der Waals surface area contributed by atoms with Gasteiger partial charge in [0.25, 0.3) is 5.91 Å². The Hall–Kier alpha value is -2.44. The lowest BCUT2D eigenvalue weighted by Gasteiger charge is -2.07. The summed E-state index contributed by atoms with van der Waals surface area (Å²) < 4.78 is 2.87. The average molecular weight is 416 g/mol. The fourth-order valence-corrected chi connectivity index (χ4v) is 3.25. The monoisotopic (exact) mass is 414 g/mol. The SMILES string of the molecule is O=C(NCc1cn2cc(Br)ccc2n1)c1cc(Cl)nc2ccccc12. The van der Waals surface area contributed by atoms with Crippen molar-refractivity contribution in [1.29, 1.82) is 0 Å². The summed E-state index contributed by atoms with van der Waals surface area (Å²) in [7, 11) is 0. The number of carbonyl (C=O) groups excluding carboxylic acids is 1. The number of aromatic nitrogens is 3. The van der Waals surface area contributed by atoms with Gasteiger partial charge in [0.2, 0.25) is 0 Å². The quantitative estimate of drug-likeness (QED) is 0.509. The van der Waals surface area contributed by atoms with Crippen molar-refractivity contribution in [3.8, 4) is 0 Å². The third kappa shape index (κ3) is 3.23. The molecular weight excluding hydrogens is 404 g/mol. The topological polar surface area (TPSA) is 59.3 Å². The number of rotatable bonds is 3. The second-order valence-corrected chi connectivity index (χ2v) is 6.84. The first kappa shape index (κ1) is 16.1. The molecule has 124 valence electrons. The van der Waals surface area contributed by atoms with Gasteiger partial charge in [0.05, 0.1) is 23.3 Å². The molecule has 1 aromatic carbocycles. The van der Waals surface area contributed by atoms with Crippen LogP contribution in [-0.2, 0) is 6.54 Å². The molecule has 4 aromatic rings. The van der Waals surface area contributed by atoms with E-state index in [1.54, 1.807) is 6.07 Å². The second-order valence-electron chi connectivity index (χ2n) is 5.54. The van der Waals surface area contributed by atoms with Gasteiger partial charge < -0.3 is 9.72 Å². The zero-order valence-corrected chi connectivity index (χ0v) is 15.3. The molecule has 0 aliphatic carbocycles. The van der Waals surface area contributed by atoms with E-state index in [0.717, 1.165) is 21.2 Å². The van der Waals surface area contributed by atoms with Crippen molar-refractivity contribution in [1.82, 2.24) is 19.7 Å². The van der Waals surface area contributed by atoms with Crippen LogP contribution in [0.4, 0.5) is 0 Å². The fourth-order valence-electron chi connectivity index (χ4n) is 2.70. The summed E-state index contributed by atoms with van der Waals surface area (Å²) >= 11 is 9.47. The van der Waals surface area contributed by atoms with Gasteiger partial charge in [-0.05, 0) is 40.2 Å². The van der Waals surface area contributed by atoms with Crippen LogP contribution in [0.25, 0.3) is 16.6 Å². The van der Waals surface area contributed by atoms with Crippen LogP contribution < -0.4 is 5.32 Å². The zero-order valence-electron chi connectivity index (χ0n) is 12.9. The number of nitrogens with zero attached hydrogens (tertiary/aromatic N) is 3. The molecule has 0 saturated carbocycles. The normalized spacial score (nSPS) is 11.1. The Labute approximate surface area is 156 Å². The summed E-state index contributed by atoms with van der Waals surface area (Å²) in [6, 6.07) is 12.8. The van der Waals surface area contributed by atoms with E-state index in [-0.39, 0.29) is 5.91 Å². The minimum atomic E-state index is -0.210. The highest BCUT2D eigenvalue weighted by atomic mass is 79.9.